The van der Waals surface area contributed by atoms with Gasteiger partial charge in [0.05, 0.1) is 19.2 Å². The maximum Gasteiger partial charge on any atom is 0.355 e. The van der Waals surface area contributed by atoms with Gasteiger partial charge in [-0.3, -0.25) is 4.79 Å². The molecule has 2 rings (SSSR count). The predicted molar refractivity (Wildman–Crippen MR) is 74.9 cm³/mol. The first-order chi connectivity index (χ1) is 10.0. The summed E-state index contributed by atoms with van der Waals surface area (Å²) in [6.07, 6.45) is 0. The summed E-state index contributed by atoms with van der Waals surface area (Å²) in [5.41, 5.74) is 0.0119. The van der Waals surface area contributed by atoms with Gasteiger partial charge in [0.15, 0.2) is 17.2 Å². The zero-order valence-corrected chi connectivity index (χ0v) is 11.8. The smallest absolute Gasteiger partial charge is 0.355 e. The molecule has 0 atom stereocenters. The van der Waals surface area contributed by atoms with Gasteiger partial charge in [-0.25, -0.2) is 9.78 Å². The van der Waals surface area contributed by atoms with Gasteiger partial charge in [0.2, 0.25) is 0 Å². The van der Waals surface area contributed by atoms with E-state index < -0.39 is 11.9 Å². The third kappa shape index (κ3) is 3.29. The lowest BCUT2D eigenvalue weighted by Gasteiger charge is -2.08. The van der Waals surface area contributed by atoms with Gasteiger partial charge in [-0.05, 0) is 12.1 Å². The Morgan fingerprint density at radius 1 is 1.43 bits per heavy atom. The summed E-state index contributed by atoms with van der Waals surface area (Å²) in [7, 11) is 1.39. The number of nitrogens with one attached hydrogen (secondary N) is 1. The van der Waals surface area contributed by atoms with E-state index in [1.165, 1.54) is 24.6 Å². The van der Waals surface area contributed by atoms with Crippen LogP contribution >= 0.6 is 11.3 Å². The minimum Gasteiger partial charge on any atom is -0.504 e. The Kier molecular flexibility index (Phi) is 4.39. The molecular weight excluding hydrogens is 296 g/mol. The first kappa shape index (κ1) is 14.8. The van der Waals surface area contributed by atoms with Gasteiger partial charge < -0.3 is 20.3 Å². The number of carboxylic acid groups (broad SMARTS) is 1. The van der Waals surface area contributed by atoms with Crippen molar-refractivity contribution in [2.75, 3.05) is 7.11 Å². The number of para-hydroxylation sites is 1. The minimum absolute atomic E-state index is 0.0616. The van der Waals surface area contributed by atoms with Crippen LogP contribution in [-0.2, 0) is 6.54 Å². The Bertz CT molecular complexity index is 683. The second-order valence-corrected chi connectivity index (χ2v) is 4.91. The number of ether oxygens (including phenoxy) is 1. The molecule has 3 N–H and O–H groups in total. The third-order valence-corrected chi connectivity index (χ3v) is 3.48. The van der Waals surface area contributed by atoms with E-state index >= 15 is 0 Å². The van der Waals surface area contributed by atoms with E-state index in [9.17, 15) is 14.7 Å². The van der Waals surface area contributed by atoms with Crippen LogP contribution in [-0.4, -0.2) is 34.2 Å². The summed E-state index contributed by atoms with van der Waals surface area (Å²) < 4.78 is 4.92. The lowest BCUT2D eigenvalue weighted by atomic mass is 10.1. The van der Waals surface area contributed by atoms with E-state index in [0.29, 0.717) is 5.01 Å². The van der Waals surface area contributed by atoms with Gasteiger partial charge in [-0.1, -0.05) is 6.07 Å². The second kappa shape index (κ2) is 6.23. The number of aromatic hydroxyl groups is 1. The number of hydrogen-bond acceptors (Lipinski definition) is 6. The number of phenols is 1. The Morgan fingerprint density at radius 3 is 2.81 bits per heavy atom. The van der Waals surface area contributed by atoms with E-state index in [-0.39, 0.29) is 29.3 Å². The van der Waals surface area contributed by atoms with Crippen molar-refractivity contribution in [3.8, 4) is 11.5 Å². The summed E-state index contributed by atoms with van der Waals surface area (Å²) in [5.74, 6) is -1.67. The standard InChI is InChI=1S/C13H12N2O5S/c1-20-9-4-2-3-7(11(9)16)12(17)14-5-10-15-8(6-21-10)13(18)19/h2-4,6,16H,5H2,1H3,(H,14,17)(H,18,19). The van der Waals surface area contributed by atoms with Crippen molar-refractivity contribution in [2.45, 2.75) is 6.54 Å². The number of aromatic nitrogens is 1. The molecule has 0 unspecified atom stereocenters. The fourth-order valence-corrected chi connectivity index (χ4v) is 2.32. The first-order valence-corrected chi connectivity index (χ1v) is 6.72. The molecule has 21 heavy (non-hydrogen) atoms. The molecule has 0 aliphatic heterocycles. The third-order valence-electron chi connectivity index (χ3n) is 2.63. The normalized spacial score (nSPS) is 10.1. The number of rotatable bonds is 5. The summed E-state index contributed by atoms with van der Waals surface area (Å²) in [6.45, 7) is 0.0768. The number of hydrogen-bond donors (Lipinski definition) is 3. The molecule has 0 saturated carbocycles. The minimum atomic E-state index is -1.12. The molecule has 0 bridgehead atoms. The molecule has 1 aromatic heterocycles. The fourth-order valence-electron chi connectivity index (χ4n) is 1.61. The summed E-state index contributed by atoms with van der Waals surface area (Å²) >= 11 is 1.13. The zero-order chi connectivity index (χ0) is 15.4. The van der Waals surface area contributed by atoms with Crippen LogP contribution in [0.4, 0.5) is 0 Å². The van der Waals surface area contributed by atoms with Crippen molar-refractivity contribution in [3.63, 3.8) is 0 Å². The lowest BCUT2D eigenvalue weighted by molar-refractivity contribution is 0.0691. The zero-order valence-electron chi connectivity index (χ0n) is 11.0. The van der Waals surface area contributed by atoms with E-state index in [2.05, 4.69) is 10.3 Å². The average Bonchev–Trinajstić information content (AvgIpc) is 2.94. The molecule has 110 valence electrons. The molecule has 0 saturated heterocycles. The van der Waals surface area contributed by atoms with Gasteiger partial charge in [-0.15, -0.1) is 11.3 Å². The molecule has 2 aromatic rings. The molecule has 0 aliphatic carbocycles. The second-order valence-electron chi connectivity index (χ2n) is 3.97. The van der Waals surface area contributed by atoms with Gasteiger partial charge in [0.1, 0.15) is 5.01 Å². The van der Waals surface area contributed by atoms with Crippen LogP contribution < -0.4 is 10.1 Å². The Labute approximate surface area is 123 Å². The number of phenolic OH excluding ortho intramolecular Hbond substituents is 1. The van der Waals surface area contributed by atoms with E-state index in [4.69, 9.17) is 9.84 Å². The Hall–Kier alpha value is -2.61. The number of carbonyl (C=O) groups is 2. The van der Waals surface area contributed by atoms with E-state index in [1.54, 1.807) is 6.07 Å². The maximum absolute atomic E-state index is 12.0. The van der Waals surface area contributed by atoms with Gasteiger partial charge in [0, 0.05) is 5.38 Å². The highest BCUT2D eigenvalue weighted by molar-refractivity contribution is 7.09. The summed E-state index contributed by atoms with van der Waals surface area (Å²) in [4.78, 5) is 26.5. The largest absolute Gasteiger partial charge is 0.504 e. The number of thiazole rings is 1. The van der Waals surface area contributed by atoms with Crippen molar-refractivity contribution < 1.29 is 24.5 Å². The molecule has 0 spiro atoms. The van der Waals surface area contributed by atoms with Crippen LogP contribution in [0.5, 0.6) is 11.5 Å². The van der Waals surface area contributed by atoms with Crippen LogP contribution in [0, 0.1) is 0 Å². The SMILES string of the molecule is COc1cccc(C(=O)NCc2nc(C(=O)O)cs2)c1O. The number of aromatic carboxylic acids is 1. The van der Waals surface area contributed by atoms with Crippen molar-refractivity contribution in [1.82, 2.24) is 10.3 Å². The van der Waals surface area contributed by atoms with Crippen LogP contribution in [0.3, 0.4) is 0 Å². The molecule has 1 aromatic carbocycles. The van der Waals surface area contributed by atoms with Gasteiger partial charge in [-0.2, -0.15) is 0 Å². The van der Waals surface area contributed by atoms with Gasteiger partial charge >= 0.3 is 5.97 Å². The van der Waals surface area contributed by atoms with Crippen molar-refractivity contribution in [2.24, 2.45) is 0 Å². The summed E-state index contributed by atoms with van der Waals surface area (Å²) in [6, 6.07) is 4.57. The molecule has 1 heterocycles. The average molecular weight is 308 g/mol. The topological polar surface area (TPSA) is 109 Å². The molecular formula is C13H12N2O5S. The number of methoxy groups -OCH3 is 1. The number of carboxylic acids is 1. The molecule has 0 radical (unpaired) electrons. The van der Waals surface area contributed by atoms with Crippen LogP contribution in [0.15, 0.2) is 23.6 Å². The van der Waals surface area contributed by atoms with Crippen LogP contribution in [0.1, 0.15) is 25.9 Å². The van der Waals surface area contributed by atoms with Crippen molar-refractivity contribution in [1.29, 1.82) is 0 Å². The van der Waals surface area contributed by atoms with Crippen molar-refractivity contribution in [3.05, 3.63) is 39.8 Å². The Balaban J connectivity index is 2.06. The van der Waals surface area contributed by atoms with E-state index in [1.807, 2.05) is 0 Å². The highest BCUT2D eigenvalue weighted by Crippen LogP contribution is 2.29. The van der Waals surface area contributed by atoms with Gasteiger partial charge in [0.25, 0.3) is 5.91 Å². The molecule has 0 aliphatic rings. The number of benzene rings is 1. The Morgan fingerprint density at radius 2 is 2.19 bits per heavy atom. The number of carbonyl (C=O) groups excluding carboxylic acids is 1. The quantitative estimate of drug-likeness (QED) is 0.772. The highest BCUT2D eigenvalue weighted by Gasteiger charge is 2.15. The fraction of sp³-hybridized carbons (Fsp3) is 0.154. The maximum atomic E-state index is 12.0. The van der Waals surface area contributed by atoms with Crippen molar-refractivity contribution >= 4 is 23.2 Å². The number of amides is 1. The monoisotopic (exact) mass is 308 g/mol. The number of nitrogens with zero attached hydrogens (tertiary/aromatic N) is 1. The first-order valence-electron chi connectivity index (χ1n) is 5.84. The molecule has 1 amide bonds. The highest BCUT2D eigenvalue weighted by atomic mass is 32.1. The molecule has 0 fully saturated rings. The van der Waals surface area contributed by atoms with E-state index in [0.717, 1.165) is 11.3 Å². The molecule has 8 heteroatoms. The molecule has 7 nitrogen and oxygen atoms in total. The lowest BCUT2D eigenvalue weighted by Crippen LogP contribution is -2.23. The van der Waals surface area contributed by atoms with Crippen LogP contribution in [0.2, 0.25) is 0 Å². The van der Waals surface area contributed by atoms with Crippen LogP contribution in [0.25, 0.3) is 0 Å². The predicted octanol–water partition coefficient (Wildman–Crippen LogP) is 1.49. The summed E-state index contributed by atoms with van der Waals surface area (Å²) in [5, 5.41) is 23.0.